The highest BCUT2D eigenvalue weighted by Crippen LogP contribution is 2.37. The summed E-state index contributed by atoms with van der Waals surface area (Å²) in [5, 5.41) is 0. The van der Waals surface area contributed by atoms with Gasteiger partial charge in [-0.1, -0.05) is 51.1 Å². The molecule has 0 saturated heterocycles. The van der Waals surface area contributed by atoms with E-state index >= 15 is 0 Å². The van der Waals surface area contributed by atoms with Crippen LogP contribution >= 0.6 is 0 Å². The van der Waals surface area contributed by atoms with Crippen molar-refractivity contribution >= 4 is 11.9 Å². The van der Waals surface area contributed by atoms with Crippen molar-refractivity contribution in [3.8, 4) is 11.3 Å². The molecular formula is C22H20F3NO. The second kappa shape index (κ2) is 7.06. The normalized spacial score (nSPS) is 12.7. The van der Waals surface area contributed by atoms with Crippen molar-refractivity contribution in [2.24, 2.45) is 4.99 Å². The molecule has 1 heterocycles. The van der Waals surface area contributed by atoms with E-state index in [-0.39, 0.29) is 16.7 Å². The standard InChI is InChI=1S/C22H20F3NO/c1-21(2,3)15-7-6-8-16(13-15)26-14-17-11-12-20(27-17)18-9-4-5-10-19(18)22(23,24)25/h4-14H,1-3H3. The first-order chi connectivity index (χ1) is 12.6. The zero-order valence-electron chi connectivity index (χ0n) is 15.3. The van der Waals surface area contributed by atoms with Crippen LogP contribution < -0.4 is 0 Å². The Balaban J connectivity index is 1.87. The maximum atomic E-state index is 13.2. The van der Waals surface area contributed by atoms with Crippen LogP contribution in [-0.2, 0) is 11.6 Å². The van der Waals surface area contributed by atoms with Gasteiger partial charge in [-0.15, -0.1) is 0 Å². The van der Waals surface area contributed by atoms with Crippen molar-refractivity contribution < 1.29 is 17.6 Å². The molecule has 140 valence electrons. The van der Waals surface area contributed by atoms with Crippen molar-refractivity contribution in [1.29, 1.82) is 0 Å². The molecule has 0 radical (unpaired) electrons. The van der Waals surface area contributed by atoms with Crippen LogP contribution in [0.2, 0.25) is 0 Å². The Kier molecular flexibility index (Phi) is 4.96. The van der Waals surface area contributed by atoms with E-state index in [9.17, 15) is 13.2 Å². The molecule has 0 aliphatic heterocycles. The monoisotopic (exact) mass is 371 g/mol. The molecule has 2 nitrogen and oxygen atoms in total. The highest BCUT2D eigenvalue weighted by molar-refractivity contribution is 5.80. The summed E-state index contributed by atoms with van der Waals surface area (Å²) in [5.74, 6) is 0.552. The fourth-order valence-electron chi connectivity index (χ4n) is 2.70. The summed E-state index contributed by atoms with van der Waals surface area (Å²) >= 11 is 0. The molecule has 0 saturated carbocycles. The van der Waals surface area contributed by atoms with E-state index in [0.717, 1.165) is 17.3 Å². The van der Waals surface area contributed by atoms with Gasteiger partial charge in [0.25, 0.3) is 0 Å². The van der Waals surface area contributed by atoms with Gasteiger partial charge in [-0.2, -0.15) is 13.2 Å². The van der Waals surface area contributed by atoms with Crippen LogP contribution in [0.1, 0.15) is 37.7 Å². The van der Waals surface area contributed by atoms with Gasteiger partial charge in [-0.25, -0.2) is 0 Å². The number of alkyl halides is 3. The van der Waals surface area contributed by atoms with Gasteiger partial charge in [0.15, 0.2) is 0 Å². The highest BCUT2D eigenvalue weighted by Gasteiger charge is 2.34. The Morgan fingerprint density at radius 1 is 0.889 bits per heavy atom. The van der Waals surface area contributed by atoms with Crippen LogP contribution in [0.15, 0.2) is 70.1 Å². The minimum atomic E-state index is -4.44. The van der Waals surface area contributed by atoms with Crippen LogP contribution in [0.5, 0.6) is 0 Å². The Labute approximate surface area is 156 Å². The first-order valence-corrected chi connectivity index (χ1v) is 8.56. The molecule has 0 fully saturated rings. The van der Waals surface area contributed by atoms with E-state index in [4.69, 9.17) is 4.42 Å². The van der Waals surface area contributed by atoms with Crippen LogP contribution in [0.4, 0.5) is 18.9 Å². The lowest BCUT2D eigenvalue weighted by Crippen LogP contribution is -2.10. The molecule has 27 heavy (non-hydrogen) atoms. The van der Waals surface area contributed by atoms with Gasteiger partial charge in [0.05, 0.1) is 17.5 Å². The second-order valence-electron chi connectivity index (χ2n) is 7.30. The number of hydrogen-bond donors (Lipinski definition) is 0. The highest BCUT2D eigenvalue weighted by atomic mass is 19.4. The summed E-state index contributed by atoms with van der Waals surface area (Å²) in [5.41, 5.74) is 1.21. The average Bonchev–Trinajstić information content (AvgIpc) is 3.08. The first kappa shape index (κ1) is 19.0. The van der Waals surface area contributed by atoms with Crippen molar-refractivity contribution in [2.75, 3.05) is 0 Å². The lowest BCUT2D eigenvalue weighted by atomic mass is 9.87. The Morgan fingerprint density at radius 2 is 1.63 bits per heavy atom. The third-order valence-corrected chi connectivity index (χ3v) is 4.18. The molecule has 1 aromatic heterocycles. The summed E-state index contributed by atoms with van der Waals surface area (Å²) in [4.78, 5) is 4.39. The SMILES string of the molecule is CC(C)(C)c1cccc(N=Cc2ccc(-c3ccccc3C(F)(F)F)o2)c1. The van der Waals surface area contributed by atoms with Crippen LogP contribution in [0.25, 0.3) is 11.3 Å². The molecule has 0 spiro atoms. The van der Waals surface area contributed by atoms with Gasteiger partial charge in [-0.05, 0) is 41.3 Å². The van der Waals surface area contributed by atoms with E-state index in [0.29, 0.717) is 5.76 Å². The first-order valence-electron chi connectivity index (χ1n) is 8.56. The van der Waals surface area contributed by atoms with Crippen molar-refractivity contribution in [2.45, 2.75) is 32.4 Å². The summed E-state index contributed by atoms with van der Waals surface area (Å²) in [7, 11) is 0. The number of furan rings is 1. The lowest BCUT2D eigenvalue weighted by Gasteiger charge is -2.18. The van der Waals surface area contributed by atoms with Crippen LogP contribution in [-0.4, -0.2) is 6.21 Å². The maximum absolute atomic E-state index is 13.2. The molecule has 0 atom stereocenters. The van der Waals surface area contributed by atoms with Crippen molar-refractivity contribution in [3.63, 3.8) is 0 Å². The van der Waals surface area contributed by atoms with Crippen molar-refractivity contribution in [1.82, 2.24) is 0 Å². The maximum Gasteiger partial charge on any atom is 0.417 e. The second-order valence-corrected chi connectivity index (χ2v) is 7.30. The smallest absolute Gasteiger partial charge is 0.417 e. The molecule has 5 heteroatoms. The predicted molar refractivity (Wildman–Crippen MR) is 102 cm³/mol. The molecule has 2 aromatic carbocycles. The quantitative estimate of drug-likeness (QED) is 0.455. The summed E-state index contributed by atoms with van der Waals surface area (Å²) < 4.78 is 45.1. The van der Waals surface area contributed by atoms with E-state index in [1.54, 1.807) is 12.1 Å². The summed E-state index contributed by atoms with van der Waals surface area (Å²) in [6.45, 7) is 6.35. The van der Waals surface area contributed by atoms with Gasteiger partial charge in [0.2, 0.25) is 0 Å². The van der Waals surface area contributed by atoms with Gasteiger partial charge in [0.1, 0.15) is 11.5 Å². The third-order valence-electron chi connectivity index (χ3n) is 4.18. The largest absolute Gasteiger partial charge is 0.455 e. The van der Waals surface area contributed by atoms with E-state index < -0.39 is 11.7 Å². The fourth-order valence-corrected chi connectivity index (χ4v) is 2.70. The molecule has 0 bridgehead atoms. The number of benzene rings is 2. The minimum absolute atomic E-state index is 0.00465. The van der Waals surface area contributed by atoms with Gasteiger partial charge in [0, 0.05) is 5.56 Å². The zero-order chi connectivity index (χ0) is 19.7. The number of nitrogens with zero attached hydrogens (tertiary/aromatic N) is 1. The third kappa shape index (κ3) is 4.48. The minimum Gasteiger partial charge on any atom is -0.455 e. The molecule has 0 aliphatic carbocycles. The Hall–Kier alpha value is -2.82. The number of halogens is 3. The molecular weight excluding hydrogens is 351 g/mol. The van der Waals surface area contributed by atoms with Gasteiger partial charge >= 0.3 is 6.18 Å². The summed E-state index contributed by atoms with van der Waals surface area (Å²) in [6.07, 6.45) is -2.92. The van der Waals surface area contributed by atoms with Gasteiger partial charge < -0.3 is 4.42 Å². The molecule has 0 aliphatic rings. The molecule has 0 N–H and O–H groups in total. The molecule has 3 rings (SSSR count). The molecule has 3 aromatic rings. The van der Waals surface area contributed by atoms with Gasteiger partial charge in [-0.3, -0.25) is 4.99 Å². The topological polar surface area (TPSA) is 25.5 Å². The number of hydrogen-bond acceptors (Lipinski definition) is 2. The van der Waals surface area contributed by atoms with E-state index in [2.05, 4.69) is 25.8 Å². The summed E-state index contributed by atoms with van der Waals surface area (Å²) in [6, 6.07) is 16.3. The lowest BCUT2D eigenvalue weighted by molar-refractivity contribution is -0.137. The Bertz CT molecular complexity index is 962. The van der Waals surface area contributed by atoms with Crippen molar-refractivity contribution in [3.05, 3.63) is 77.6 Å². The van der Waals surface area contributed by atoms with E-state index in [1.165, 1.54) is 24.4 Å². The van der Waals surface area contributed by atoms with E-state index in [1.807, 2.05) is 24.3 Å². The molecule has 0 amide bonds. The van der Waals surface area contributed by atoms with Crippen LogP contribution in [0, 0.1) is 0 Å². The zero-order valence-corrected chi connectivity index (χ0v) is 15.3. The number of aliphatic imine (C=N–C) groups is 1. The average molecular weight is 371 g/mol. The van der Waals surface area contributed by atoms with Crippen LogP contribution in [0.3, 0.4) is 0 Å². The fraction of sp³-hybridized carbons (Fsp3) is 0.227. The molecule has 0 unspecified atom stereocenters. The number of rotatable bonds is 3. The predicted octanol–water partition coefficient (Wildman–Crippen LogP) is 7.01. The Morgan fingerprint density at radius 3 is 2.33 bits per heavy atom.